The Balaban J connectivity index is 2.93. The summed E-state index contributed by atoms with van der Waals surface area (Å²) in [5.41, 5.74) is 0.732. The number of rotatable bonds is 6. The summed E-state index contributed by atoms with van der Waals surface area (Å²) >= 11 is 0. The van der Waals surface area contributed by atoms with E-state index in [2.05, 4.69) is 4.74 Å². The topological polar surface area (TPSA) is 72.8 Å². The molecule has 0 aromatic heterocycles. The van der Waals surface area contributed by atoms with E-state index in [-0.39, 0.29) is 17.8 Å². The summed E-state index contributed by atoms with van der Waals surface area (Å²) in [5.74, 6) is -0.529. The highest BCUT2D eigenvalue weighted by atomic mass is 31.2. The smallest absolute Gasteiger partial charge is 0.338 e. The molecular weight excluding hydrogens is 267 g/mol. The molecule has 0 heterocycles. The van der Waals surface area contributed by atoms with E-state index in [0.717, 1.165) is 0 Å². The first-order valence-electron chi connectivity index (χ1n) is 6.06. The molecule has 19 heavy (non-hydrogen) atoms. The van der Waals surface area contributed by atoms with Gasteiger partial charge in [-0.2, -0.15) is 0 Å². The highest BCUT2D eigenvalue weighted by molar-refractivity contribution is 7.52. The van der Waals surface area contributed by atoms with Gasteiger partial charge in [0.25, 0.3) is 0 Å². The monoisotopic (exact) mass is 286 g/mol. The van der Waals surface area contributed by atoms with E-state index in [9.17, 15) is 14.3 Å². The van der Waals surface area contributed by atoms with Crippen LogP contribution in [0.3, 0.4) is 0 Å². The van der Waals surface area contributed by atoms with Crippen molar-refractivity contribution in [1.82, 2.24) is 0 Å². The fraction of sp³-hybridized carbons (Fsp3) is 0.462. The molecule has 0 amide bonds. The predicted octanol–water partition coefficient (Wildman–Crippen LogP) is 2.97. The molecule has 6 heteroatoms. The van der Waals surface area contributed by atoms with Crippen LogP contribution in [-0.4, -0.2) is 24.1 Å². The summed E-state index contributed by atoms with van der Waals surface area (Å²) in [6.07, 6.45) is 0.132. The molecule has 0 aliphatic heterocycles. The number of ether oxygens (including phenoxy) is 1. The van der Waals surface area contributed by atoms with Gasteiger partial charge in [0, 0.05) is 0 Å². The van der Waals surface area contributed by atoms with E-state index in [1.807, 2.05) is 6.92 Å². The average Bonchev–Trinajstić information content (AvgIpc) is 2.37. The molecule has 0 spiro atoms. The van der Waals surface area contributed by atoms with Crippen LogP contribution in [0.4, 0.5) is 0 Å². The number of hydrogen-bond donors (Lipinski definition) is 1. The quantitative estimate of drug-likeness (QED) is 0.643. The van der Waals surface area contributed by atoms with Gasteiger partial charge in [0.15, 0.2) is 0 Å². The van der Waals surface area contributed by atoms with Crippen molar-refractivity contribution >= 4 is 13.6 Å². The number of carbonyl (C=O) groups is 1. The van der Waals surface area contributed by atoms with Crippen LogP contribution < -0.4 is 0 Å². The van der Waals surface area contributed by atoms with Gasteiger partial charge in [-0.15, -0.1) is 0 Å². The van der Waals surface area contributed by atoms with Crippen molar-refractivity contribution in [3.63, 3.8) is 0 Å². The lowest BCUT2D eigenvalue weighted by Gasteiger charge is -2.17. The third-order valence-corrected chi connectivity index (χ3v) is 4.14. The van der Waals surface area contributed by atoms with Crippen LogP contribution in [0.2, 0.25) is 0 Å². The molecule has 1 rings (SSSR count). The zero-order chi connectivity index (χ0) is 14.5. The molecule has 0 saturated carbocycles. The largest absolute Gasteiger partial charge is 0.465 e. The van der Waals surface area contributed by atoms with Crippen LogP contribution in [-0.2, 0) is 20.0 Å². The van der Waals surface area contributed by atoms with E-state index in [1.54, 1.807) is 31.2 Å². The maximum atomic E-state index is 12.0. The summed E-state index contributed by atoms with van der Waals surface area (Å²) in [6.45, 7) is 3.60. The fourth-order valence-electron chi connectivity index (χ4n) is 1.58. The van der Waals surface area contributed by atoms with Crippen LogP contribution in [0.25, 0.3) is 0 Å². The number of hydrogen-bond acceptors (Lipinski definition) is 4. The Morgan fingerprint density at radius 2 is 2.05 bits per heavy atom. The van der Waals surface area contributed by atoms with E-state index in [4.69, 9.17) is 4.52 Å². The van der Waals surface area contributed by atoms with Crippen molar-refractivity contribution in [1.29, 1.82) is 0 Å². The Bertz CT molecular complexity index is 486. The minimum absolute atomic E-state index is 0.206. The van der Waals surface area contributed by atoms with Crippen molar-refractivity contribution in [3.05, 3.63) is 35.4 Å². The van der Waals surface area contributed by atoms with Gasteiger partial charge >= 0.3 is 13.6 Å². The Morgan fingerprint density at radius 1 is 1.42 bits per heavy atom. The van der Waals surface area contributed by atoms with Crippen molar-refractivity contribution < 1.29 is 23.5 Å². The number of carbonyl (C=O) groups excluding carboxylic acids is 1. The maximum Gasteiger partial charge on any atom is 0.338 e. The Morgan fingerprint density at radius 3 is 2.63 bits per heavy atom. The molecule has 2 atom stereocenters. The van der Waals surface area contributed by atoms with Crippen LogP contribution in [0, 0.1) is 0 Å². The van der Waals surface area contributed by atoms with Gasteiger partial charge in [-0.1, -0.05) is 25.1 Å². The zero-order valence-corrected chi connectivity index (χ0v) is 12.2. The summed E-state index contributed by atoms with van der Waals surface area (Å²) < 4.78 is 21.8. The molecular formula is C13H19O5P. The third-order valence-electron chi connectivity index (χ3n) is 2.71. The van der Waals surface area contributed by atoms with E-state index < -0.39 is 13.6 Å². The van der Waals surface area contributed by atoms with Gasteiger partial charge in [0.2, 0.25) is 0 Å². The predicted molar refractivity (Wildman–Crippen MR) is 72.1 cm³/mol. The fourth-order valence-corrected chi connectivity index (χ4v) is 3.07. The first kappa shape index (κ1) is 15.9. The molecule has 0 aliphatic rings. The Kier molecular flexibility index (Phi) is 5.73. The molecule has 1 aromatic carbocycles. The standard InChI is InChI=1S/C13H19O5P/c1-4-10(2)18-19(15,16)9-11-7-5-6-8-12(11)13(14)17-3/h5-8,10H,4,9H2,1-3H3,(H,15,16). The molecule has 0 aliphatic carbocycles. The molecule has 106 valence electrons. The van der Waals surface area contributed by atoms with E-state index >= 15 is 0 Å². The van der Waals surface area contributed by atoms with Crippen LogP contribution in [0.15, 0.2) is 24.3 Å². The highest BCUT2D eigenvalue weighted by Gasteiger charge is 2.25. The minimum Gasteiger partial charge on any atom is -0.465 e. The lowest BCUT2D eigenvalue weighted by Crippen LogP contribution is -2.09. The summed E-state index contributed by atoms with van der Waals surface area (Å²) in [7, 11) is -2.50. The third kappa shape index (κ3) is 4.78. The maximum absolute atomic E-state index is 12.0. The first-order chi connectivity index (χ1) is 8.89. The van der Waals surface area contributed by atoms with Crippen LogP contribution in [0.5, 0.6) is 0 Å². The lowest BCUT2D eigenvalue weighted by atomic mass is 10.1. The van der Waals surface area contributed by atoms with E-state index in [0.29, 0.717) is 12.0 Å². The van der Waals surface area contributed by atoms with Crippen molar-refractivity contribution in [2.24, 2.45) is 0 Å². The highest BCUT2D eigenvalue weighted by Crippen LogP contribution is 2.47. The van der Waals surface area contributed by atoms with Gasteiger partial charge in [0.05, 0.1) is 24.9 Å². The SMILES string of the molecule is CCC(C)OP(=O)(O)Cc1ccccc1C(=O)OC. The Hall–Kier alpha value is -1.16. The normalized spacial score (nSPS) is 15.6. The van der Waals surface area contributed by atoms with E-state index in [1.165, 1.54) is 7.11 Å². The van der Waals surface area contributed by atoms with Gasteiger partial charge in [-0.25, -0.2) is 4.79 Å². The Labute approximate surface area is 113 Å². The molecule has 1 N–H and O–H groups in total. The van der Waals surface area contributed by atoms with Crippen molar-refractivity contribution in [2.45, 2.75) is 32.5 Å². The van der Waals surface area contributed by atoms with Gasteiger partial charge in [0.1, 0.15) is 0 Å². The van der Waals surface area contributed by atoms with Crippen LogP contribution in [0.1, 0.15) is 36.2 Å². The molecule has 2 unspecified atom stereocenters. The van der Waals surface area contributed by atoms with Gasteiger partial charge in [-0.05, 0) is 25.0 Å². The minimum atomic E-state index is -3.77. The summed E-state index contributed by atoms with van der Waals surface area (Å²) in [6, 6.07) is 6.55. The van der Waals surface area contributed by atoms with Crippen molar-refractivity contribution in [3.8, 4) is 0 Å². The second-order valence-electron chi connectivity index (χ2n) is 4.27. The molecule has 0 bridgehead atoms. The zero-order valence-electron chi connectivity index (χ0n) is 11.3. The lowest BCUT2D eigenvalue weighted by molar-refractivity contribution is 0.0600. The number of benzene rings is 1. The van der Waals surface area contributed by atoms with Crippen LogP contribution >= 0.6 is 7.60 Å². The molecule has 0 fully saturated rings. The first-order valence-corrected chi connectivity index (χ1v) is 7.82. The molecule has 0 saturated heterocycles. The molecule has 1 aromatic rings. The summed E-state index contributed by atoms with van der Waals surface area (Å²) in [4.78, 5) is 21.4. The summed E-state index contributed by atoms with van der Waals surface area (Å²) in [5, 5.41) is 0. The van der Waals surface area contributed by atoms with Gasteiger partial charge < -0.3 is 14.2 Å². The molecule has 5 nitrogen and oxygen atoms in total. The molecule has 0 radical (unpaired) electrons. The number of methoxy groups -OCH3 is 1. The second-order valence-corrected chi connectivity index (χ2v) is 6.07. The number of esters is 1. The average molecular weight is 286 g/mol. The second kappa shape index (κ2) is 6.85. The van der Waals surface area contributed by atoms with Gasteiger partial charge in [-0.3, -0.25) is 4.57 Å². The van der Waals surface area contributed by atoms with Crippen molar-refractivity contribution in [2.75, 3.05) is 7.11 Å².